The summed E-state index contributed by atoms with van der Waals surface area (Å²) in [5.41, 5.74) is 4.05. The molecule has 12 heteroatoms. The predicted octanol–water partition coefficient (Wildman–Crippen LogP) is 3.63. The molecular weight excluding hydrogens is 564 g/mol. The summed E-state index contributed by atoms with van der Waals surface area (Å²) in [6.45, 7) is 10.2. The molecule has 1 spiro atoms. The largest absolute Gasteiger partial charge is 0.378 e. The van der Waals surface area contributed by atoms with Crippen LogP contribution in [-0.2, 0) is 16.1 Å². The van der Waals surface area contributed by atoms with E-state index < -0.39 is 5.60 Å². The van der Waals surface area contributed by atoms with Gasteiger partial charge in [0.15, 0.2) is 16.4 Å². The minimum atomic E-state index is -1.37. The van der Waals surface area contributed by atoms with Crippen molar-refractivity contribution in [3.05, 3.63) is 46.5 Å². The lowest BCUT2D eigenvalue weighted by Crippen LogP contribution is -2.75. The van der Waals surface area contributed by atoms with Crippen LogP contribution in [-0.4, -0.2) is 87.7 Å². The SMILES string of the molecule is CCn1nc2nc(C)c(N3CC4(CN(C(=O)[C@@]5(O)CCOC5)C4)C3)cc2c1N(C)c1nc(-c2ccc(C)cc2)c(C#N)s1. The maximum atomic E-state index is 12.9. The van der Waals surface area contributed by atoms with E-state index in [1.165, 1.54) is 11.3 Å². The molecule has 0 bridgehead atoms. The molecule has 0 saturated carbocycles. The molecule has 3 aliphatic rings. The highest BCUT2D eigenvalue weighted by Gasteiger charge is 2.56. The van der Waals surface area contributed by atoms with E-state index in [-0.39, 0.29) is 17.9 Å². The molecular formula is C31H34N8O3S. The third-order valence-electron chi connectivity index (χ3n) is 8.95. The van der Waals surface area contributed by atoms with E-state index >= 15 is 0 Å². The summed E-state index contributed by atoms with van der Waals surface area (Å²) in [7, 11) is 1.96. The van der Waals surface area contributed by atoms with Gasteiger partial charge in [-0.1, -0.05) is 41.2 Å². The van der Waals surface area contributed by atoms with Crippen molar-refractivity contribution in [2.75, 3.05) is 56.2 Å². The van der Waals surface area contributed by atoms with Gasteiger partial charge < -0.3 is 24.5 Å². The molecule has 6 heterocycles. The average Bonchev–Trinajstić information content (AvgIpc) is 3.68. The van der Waals surface area contributed by atoms with Gasteiger partial charge in [0.05, 0.1) is 30.0 Å². The lowest BCUT2D eigenvalue weighted by Gasteiger charge is -2.61. The maximum absolute atomic E-state index is 12.9. The number of nitriles is 1. The molecule has 3 aromatic heterocycles. The quantitative estimate of drug-likeness (QED) is 0.354. The number of rotatable bonds is 6. The number of carbonyl (C=O) groups is 1. The van der Waals surface area contributed by atoms with Crippen molar-refractivity contribution >= 4 is 44.9 Å². The van der Waals surface area contributed by atoms with Crippen molar-refractivity contribution < 1.29 is 14.6 Å². The Labute approximate surface area is 253 Å². The normalized spacial score (nSPS) is 20.7. The number of amides is 1. The molecule has 3 saturated heterocycles. The van der Waals surface area contributed by atoms with Crippen LogP contribution in [0.5, 0.6) is 0 Å². The standard InChI is InChI=1S/C31H34N8O3S/c1-5-39-27(36(4)29-34-25(24(13-32)43-29)21-8-6-19(2)7-9-21)22-12-23(20(3)33-26(22)35-39)37-14-30(15-37)16-38(17-30)28(40)31(41)10-11-42-18-31/h6-9,12,41H,5,10-11,14-18H2,1-4H3/t31-/m1/s1. The molecule has 43 heavy (non-hydrogen) atoms. The van der Waals surface area contributed by atoms with Gasteiger partial charge in [0.25, 0.3) is 5.91 Å². The highest BCUT2D eigenvalue weighted by molar-refractivity contribution is 7.16. The smallest absolute Gasteiger partial charge is 0.257 e. The molecule has 1 amide bonds. The number of carbonyl (C=O) groups excluding carboxylic acids is 1. The molecule has 0 radical (unpaired) electrons. The maximum Gasteiger partial charge on any atom is 0.257 e. The van der Waals surface area contributed by atoms with Crippen molar-refractivity contribution in [1.82, 2.24) is 24.6 Å². The molecule has 0 unspecified atom stereocenters. The number of anilines is 3. The van der Waals surface area contributed by atoms with Crippen LogP contribution >= 0.6 is 11.3 Å². The Morgan fingerprint density at radius 2 is 1.93 bits per heavy atom. The van der Waals surface area contributed by atoms with Gasteiger partial charge in [-0.05, 0) is 26.8 Å². The molecule has 0 aliphatic carbocycles. The van der Waals surface area contributed by atoms with E-state index in [1.807, 2.05) is 61.7 Å². The van der Waals surface area contributed by atoms with Gasteiger partial charge in [-0.2, -0.15) is 10.4 Å². The van der Waals surface area contributed by atoms with Crippen LogP contribution in [0.25, 0.3) is 22.3 Å². The summed E-state index contributed by atoms with van der Waals surface area (Å²) < 4.78 is 7.21. The highest BCUT2D eigenvalue weighted by Crippen LogP contribution is 2.45. The molecule has 1 atom stereocenters. The Morgan fingerprint density at radius 3 is 2.58 bits per heavy atom. The van der Waals surface area contributed by atoms with Crippen LogP contribution < -0.4 is 9.80 Å². The van der Waals surface area contributed by atoms with Gasteiger partial charge in [0, 0.05) is 57.2 Å². The average molecular weight is 599 g/mol. The molecule has 222 valence electrons. The van der Waals surface area contributed by atoms with Gasteiger partial charge >= 0.3 is 0 Å². The van der Waals surface area contributed by atoms with E-state index in [4.69, 9.17) is 19.8 Å². The van der Waals surface area contributed by atoms with Gasteiger partial charge in [0.1, 0.15) is 22.5 Å². The first-order chi connectivity index (χ1) is 20.6. The van der Waals surface area contributed by atoms with Crippen molar-refractivity contribution in [2.45, 2.75) is 39.3 Å². The number of fused-ring (bicyclic) bond motifs is 1. The minimum absolute atomic E-state index is 0.0427. The summed E-state index contributed by atoms with van der Waals surface area (Å²) in [4.78, 5) is 29.3. The second-order valence-electron chi connectivity index (χ2n) is 12.2. The van der Waals surface area contributed by atoms with Crippen molar-refractivity contribution in [2.24, 2.45) is 5.41 Å². The van der Waals surface area contributed by atoms with Crippen molar-refractivity contribution in [3.63, 3.8) is 0 Å². The number of nitrogens with zero attached hydrogens (tertiary/aromatic N) is 8. The number of aliphatic hydroxyl groups is 1. The number of aromatic nitrogens is 4. The third-order valence-corrected chi connectivity index (χ3v) is 9.98. The molecule has 1 N–H and O–H groups in total. The Bertz CT molecular complexity index is 1770. The van der Waals surface area contributed by atoms with Crippen molar-refractivity contribution in [3.8, 4) is 17.3 Å². The van der Waals surface area contributed by atoms with Gasteiger partial charge in [-0.25, -0.2) is 14.6 Å². The summed E-state index contributed by atoms with van der Waals surface area (Å²) in [5, 5.41) is 27.0. The zero-order valence-electron chi connectivity index (χ0n) is 24.8. The number of hydrogen-bond donors (Lipinski definition) is 1. The summed E-state index contributed by atoms with van der Waals surface area (Å²) in [5.74, 6) is 0.669. The Morgan fingerprint density at radius 1 is 1.19 bits per heavy atom. The van der Waals surface area contributed by atoms with Crippen LogP contribution in [0.15, 0.2) is 30.3 Å². The monoisotopic (exact) mass is 598 g/mol. The number of likely N-dealkylation sites (tertiary alicyclic amines) is 1. The van der Waals surface area contributed by atoms with Crippen LogP contribution in [0.1, 0.15) is 29.5 Å². The fraction of sp³-hybridized carbons (Fsp3) is 0.452. The molecule has 3 fully saturated rings. The number of hydrogen-bond acceptors (Lipinski definition) is 10. The third kappa shape index (κ3) is 4.45. The molecule has 4 aromatic rings. The number of pyridine rings is 1. The molecule has 7 rings (SSSR count). The van der Waals surface area contributed by atoms with Gasteiger partial charge in [0.2, 0.25) is 0 Å². The van der Waals surface area contributed by atoms with E-state index in [0.717, 1.165) is 46.8 Å². The van der Waals surface area contributed by atoms with Gasteiger partial charge in [-0.3, -0.25) is 4.79 Å². The lowest BCUT2D eigenvalue weighted by atomic mass is 9.72. The molecule has 1 aromatic carbocycles. The zero-order valence-corrected chi connectivity index (χ0v) is 25.6. The van der Waals surface area contributed by atoms with Crippen LogP contribution in [0.4, 0.5) is 16.6 Å². The predicted molar refractivity (Wildman–Crippen MR) is 165 cm³/mol. The number of thiazole rings is 1. The summed E-state index contributed by atoms with van der Waals surface area (Å²) in [6, 6.07) is 12.6. The first-order valence-corrected chi connectivity index (χ1v) is 15.4. The Kier molecular flexibility index (Phi) is 6.46. The molecule has 3 aliphatic heterocycles. The highest BCUT2D eigenvalue weighted by atomic mass is 32.1. The second-order valence-corrected chi connectivity index (χ2v) is 13.1. The Hall–Kier alpha value is -4.05. The Balaban J connectivity index is 1.15. The second kappa shape index (κ2) is 10.0. The molecule has 11 nitrogen and oxygen atoms in total. The minimum Gasteiger partial charge on any atom is -0.378 e. The van der Waals surface area contributed by atoms with E-state index in [0.29, 0.717) is 54.0 Å². The first kappa shape index (κ1) is 27.8. The first-order valence-electron chi connectivity index (χ1n) is 14.6. The number of ether oxygens (including phenoxy) is 1. The fourth-order valence-electron chi connectivity index (χ4n) is 6.60. The van der Waals surface area contributed by atoms with E-state index in [9.17, 15) is 15.2 Å². The number of benzene rings is 1. The van der Waals surface area contributed by atoms with Crippen LogP contribution in [0, 0.1) is 30.6 Å². The lowest BCUT2D eigenvalue weighted by molar-refractivity contribution is -0.165. The number of aryl methyl sites for hydroxylation is 3. The van der Waals surface area contributed by atoms with Gasteiger partial charge in [-0.15, -0.1) is 0 Å². The van der Waals surface area contributed by atoms with Crippen molar-refractivity contribution in [1.29, 1.82) is 5.26 Å². The fourth-order valence-corrected chi connectivity index (χ4v) is 7.45. The van der Waals surface area contributed by atoms with E-state index in [1.54, 1.807) is 4.90 Å². The summed E-state index contributed by atoms with van der Waals surface area (Å²) >= 11 is 1.37. The zero-order chi connectivity index (χ0) is 30.1. The summed E-state index contributed by atoms with van der Waals surface area (Å²) in [6.07, 6.45) is 0.362. The van der Waals surface area contributed by atoms with Crippen LogP contribution in [0.3, 0.4) is 0 Å². The van der Waals surface area contributed by atoms with E-state index in [2.05, 4.69) is 17.0 Å². The topological polar surface area (TPSA) is 124 Å². The van der Waals surface area contributed by atoms with Crippen LogP contribution in [0.2, 0.25) is 0 Å².